The standard InChI is InChI=1S/C12H11BrN2OS/c1-8-14-7-11(17-8)12(16)15-10-4-2-9(6-13)3-5-10/h2-5,7H,6H2,1H3,(H,15,16). The van der Waals surface area contributed by atoms with E-state index in [0.29, 0.717) is 4.88 Å². The molecule has 0 aliphatic carbocycles. The normalized spacial score (nSPS) is 10.2. The highest BCUT2D eigenvalue weighted by Crippen LogP contribution is 2.16. The van der Waals surface area contributed by atoms with Crippen molar-refractivity contribution in [2.45, 2.75) is 12.3 Å². The van der Waals surface area contributed by atoms with E-state index in [1.54, 1.807) is 6.20 Å². The average Bonchev–Trinajstić information content (AvgIpc) is 2.77. The van der Waals surface area contributed by atoms with Crippen LogP contribution < -0.4 is 5.32 Å². The van der Waals surface area contributed by atoms with Gasteiger partial charge >= 0.3 is 0 Å². The van der Waals surface area contributed by atoms with Gasteiger partial charge in [0, 0.05) is 11.0 Å². The van der Waals surface area contributed by atoms with Crippen molar-refractivity contribution in [1.82, 2.24) is 4.98 Å². The lowest BCUT2D eigenvalue weighted by atomic mass is 10.2. The fourth-order valence-electron chi connectivity index (χ4n) is 1.34. The van der Waals surface area contributed by atoms with E-state index in [1.807, 2.05) is 31.2 Å². The van der Waals surface area contributed by atoms with Gasteiger partial charge in [0.1, 0.15) is 4.88 Å². The molecule has 0 saturated carbocycles. The van der Waals surface area contributed by atoms with E-state index >= 15 is 0 Å². The number of nitrogens with one attached hydrogen (secondary N) is 1. The molecule has 88 valence electrons. The summed E-state index contributed by atoms with van der Waals surface area (Å²) in [6.07, 6.45) is 1.60. The number of nitrogens with zero attached hydrogens (tertiary/aromatic N) is 1. The van der Waals surface area contributed by atoms with Gasteiger partial charge in [-0.1, -0.05) is 28.1 Å². The van der Waals surface area contributed by atoms with Crippen molar-refractivity contribution >= 4 is 38.9 Å². The number of benzene rings is 1. The van der Waals surface area contributed by atoms with Gasteiger partial charge in [0.25, 0.3) is 5.91 Å². The van der Waals surface area contributed by atoms with Crippen molar-refractivity contribution in [3.63, 3.8) is 0 Å². The number of aromatic nitrogens is 1. The van der Waals surface area contributed by atoms with Crippen molar-refractivity contribution in [2.75, 3.05) is 5.32 Å². The van der Waals surface area contributed by atoms with Gasteiger partial charge in [-0.2, -0.15) is 0 Å². The number of rotatable bonds is 3. The van der Waals surface area contributed by atoms with Gasteiger partial charge in [-0.25, -0.2) is 4.98 Å². The van der Waals surface area contributed by atoms with Gasteiger partial charge < -0.3 is 5.32 Å². The molecule has 0 spiro atoms. The van der Waals surface area contributed by atoms with Crippen LogP contribution in [0.1, 0.15) is 20.2 Å². The van der Waals surface area contributed by atoms with Gasteiger partial charge in [0.05, 0.1) is 11.2 Å². The average molecular weight is 311 g/mol. The topological polar surface area (TPSA) is 42.0 Å². The summed E-state index contributed by atoms with van der Waals surface area (Å²) in [5, 5.41) is 4.55. The quantitative estimate of drug-likeness (QED) is 0.880. The fraction of sp³-hybridized carbons (Fsp3) is 0.167. The largest absolute Gasteiger partial charge is 0.321 e. The zero-order chi connectivity index (χ0) is 12.3. The van der Waals surface area contributed by atoms with E-state index in [1.165, 1.54) is 16.9 Å². The van der Waals surface area contributed by atoms with Crippen LogP contribution in [0.4, 0.5) is 5.69 Å². The van der Waals surface area contributed by atoms with E-state index < -0.39 is 0 Å². The Hall–Kier alpha value is -1.20. The zero-order valence-corrected chi connectivity index (χ0v) is 11.6. The van der Waals surface area contributed by atoms with Crippen molar-refractivity contribution in [3.05, 3.63) is 45.9 Å². The lowest BCUT2D eigenvalue weighted by molar-refractivity contribution is 0.103. The first-order valence-electron chi connectivity index (χ1n) is 5.08. The van der Waals surface area contributed by atoms with Crippen molar-refractivity contribution in [2.24, 2.45) is 0 Å². The number of thiazole rings is 1. The molecule has 1 aromatic carbocycles. The highest BCUT2D eigenvalue weighted by atomic mass is 79.9. The summed E-state index contributed by atoms with van der Waals surface area (Å²) in [5.74, 6) is -0.109. The molecule has 5 heteroatoms. The van der Waals surface area contributed by atoms with Crippen LogP contribution in [0.5, 0.6) is 0 Å². The third-order valence-electron chi connectivity index (χ3n) is 2.21. The second-order valence-corrected chi connectivity index (χ2v) is 5.32. The molecule has 2 aromatic rings. The smallest absolute Gasteiger partial charge is 0.267 e. The first-order chi connectivity index (χ1) is 8.19. The maximum Gasteiger partial charge on any atom is 0.267 e. The van der Waals surface area contributed by atoms with E-state index in [9.17, 15) is 4.79 Å². The Bertz CT molecular complexity index is 522. The summed E-state index contributed by atoms with van der Waals surface area (Å²) in [6.45, 7) is 1.88. The number of amides is 1. The summed E-state index contributed by atoms with van der Waals surface area (Å²) in [6, 6.07) is 7.73. The number of alkyl halides is 1. The van der Waals surface area contributed by atoms with Crippen molar-refractivity contribution < 1.29 is 4.79 Å². The molecule has 1 heterocycles. The van der Waals surface area contributed by atoms with Crippen LogP contribution >= 0.6 is 27.3 Å². The Kier molecular flexibility index (Phi) is 3.91. The molecular formula is C12H11BrN2OS. The summed E-state index contributed by atoms with van der Waals surface area (Å²) in [7, 11) is 0. The highest BCUT2D eigenvalue weighted by Gasteiger charge is 2.08. The minimum absolute atomic E-state index is 0.109. The van der Waals surface area contributed by atoms with Crippen LogP contribution in [0.3, 0.4) is 0 Å². The number of hydrogen-bond acceptors (Lipinski definition) is 3. The van der Waals surface area contributed by atoms with Crippen LogP contribution in [0.2, 0.25) is 0 Å². The molecule has 17 heavy (non-hydrogen) atoms. The molecular weight excluding hydrogens is 300 g/mol. The second kappa shape index (κ2) is 5.42. The summed E-state index contributed by atoms with van der Waals surface area (Å²) < 4.78 is 0. The van der Waals surface area contributed by atoms with Gasteiger partial charge in [-0.3, -0.25) is 4.79 Å². The van der Waals surface area contributed by atoms with Gasteiger partial charge in [-0.05, 0) is 24.6 Å². The third kappa shape index (κ3) is 3.14. The number of carbonyl (C=O) groups excluding carboxylic acids is 1. The number of anilines is 1. The Morgan fingerprint density at radius 3 is 2.65 bits per heavy atom. The lowest BCUT2D eigenvalue weighted by Gasteiger charge is -2.03. The SMILES string of the molecule is Cc1ncc(C(=O)Nc2ccc(CBr)cc2)s1. The van der Waals surface area contributed by atoms with Gasteiger partial charge in [0.15, 0.2) is 0 Å². The molecule has 0 atom stereocenters. The van der Waals surface area contributed by atoms with Gasteiger partial charge in [0.2, 0.25) is 0 Å². The third-order valence-corrected chi connectivity index (χ3v) is 3.77. The minimum atomic E-state index is -0.109. The molecule has 1 aromatic heterocycles. The predicted molar refractivity (Wildman–Crippen MR) is 73.9 cm³/mol. The number of hydrogen-bond donors (Lipinski definition) is 1. The van der Waals surface area contributed by atoms with E-state index in [-0.39, 0.29) is 5.91 Å². The van der Waals surface area contributed by atoms with Gasteiger partial charge in [-0.15, -0.1) is 11.3 Å². The van der Waals surface area contributed by atoms with Crippen LogP contribution in [-0.2, 0) is 5.33 Å². The maximum atomic E-state index is 11.8. The summed E-state index contributed by atoms with van der Waals surface area (Å²) in [4.78, 5) is 16.5. The molecule has 1 N–H and O–H groups in total. The molecule has 0 radical (unpaired) electrons. The van der Waals surface area contributed by atoms with Crippen LogP contribution in [0.25, 0.3) is 0 Å². The molecule has 0 aliphatic rings. The Balaban J connectivity index is 2.07. The Labute approximate surface area is 112 Å². The van der Waals surface area contributed by atoms with Crippen LogP contribution in [-0.4, -0.2) is 10.9 Å². The first-order valence-corrected chi connectivity index (χ1v) is 7.01. The van der Waals surface area contributed by atoms with E-state index in [2.05, 4.69) is 26.2 Å². The minimum Gasteiger partial charge on any atom is -0.321 e. The summed E-state index contributed by atoms with van der Waals surface area (Å²) in [5.41, 5.74) is 1.97. The second-order valence-electron chi connectivity index (χ2n) is 3.53. The van der Waals surface area contributed by atoms with E-state index in [0.717, 1.165) is 16.0 Å². The van der Waals surface area contributed by atoms with E-state index in [4.69, 9.17) is 0 Å². The first kappa shape index (κ1) is 12.3. The zero-order valence-electron chi connectivity index (χ0n) is 9.24. The Morgan fingerprint density at radius 1 is 1.41 bits per heavy atom. The number of carbonyl (C=O) groups is 1. The fourth-order valence-corrected chi connectivity index (χ4v) is 2.38. The summed E-state index contributed by atoms with van der Waals surface area (Å²) >= 11 is 4.77. The molecule has 0 fully saturated rings. The molecule has 1 amide bonds. The number of halogens is 1. The lowest BCUT2D eigenvalue weighted by Crippen LogP contribution is -2.09. The molecule has 0 aliphatic heterocycles. The molecule has 0 saturated heterocycles. The molecule has 2 rings (SSSR count). The monoisotopic (exact) mass is 310 g/mol. The maximum absolute atomic E-state index is 11.8. The number of aryl methyl sites for hydroxylation is 1. The Morgan fingerprint density at radius 2 is 2.12 bits per heavy atom. The van der Waals surface area contributed by atoms with Crippen molar-refractivity contribution in [1.29, 1.82) is 0 Å². The highest BCUT2D eigenvalue weighted by molar-refractivity contribution is 9.08. The molecule has 0 bridgehead atoms. The molecule has 0 unspecified atom stereocenters. The predicted octanol–water partition coefficient (Wildman–Crippen LogP) is 3.60. The molecule has 3 nitrogen and oxygen atoms in total. The van der Waals surface area contributed by atoms with Crippen LogP contribution in [0.15, 0.2) is 30.5 Å². The van der Waals surface area contributed by atoms with Crippen molar-refractivity contribution in [3.8, 4) is 0 Å². The van der Waals surface area contributed by atoms with Crippen LogP contribution in [0, 0.1) is 6.92 Å².